The van der Waals surface area contributed by atoms with Crippen LogP contribution in [0.2, 0.25) is 0 Å². The number of carbonyl (C=O) groups is 1. The summed E-state index contributed by atoms with van der Waals surface area (Å²) in [6.07, 6.45) is 0. The lowest BCUT2D eigenvalue weighted by molar-refractivity contribution is 0.0956. The van der Waals surface area contributed by atoms with Crippen molar-refractivity contribution in [1.82, 2.24) is 15.6 Å². The van der Waals surface area contributed by atoms with Crippen molar-refractivity contribution in [1.29, 1.82) is 0 Å². The summed E-state index contributed by atoms with van der Waals surface area (Å²) >= 11 is 0. The Bertz CT molecular complexity index is 995. The first kappa shape index (κ1) is 20.4. The van der Waals surface area contributed by atoms with Gasteiger partial charge < -0.3 is 24.8 Å². The molecule has 2 aromatic carbocycles. The Morgan fingerprint density at radius 2 is 1.66 bits per heavy atom. The number of benzene rings is 2. The molecule has 0 aliphatic heterocycles. The number of hydrogen-bond acceptors (Lipinski definition) is 6. The summed E-state index contributed by atoms with van der Waals surface area (Å²) in [6, 6.07) is 13.0. The number of rotatable bonds is 8. The van der Waals surface area contributed by atoms with Crippen LogP contribution in [0.15, 0.2) is 42.5 Å². The highest BCUT2D eigenvalue weighted by Crippen LogP contribution is 2.41. The molecule has 0 saturated carbocycles. The number of aromatic nitrogens is 1. The fourth-order valence-corrected chi connectivity index (χ4v) is 3.14. The lowest BCUT2D eigenvalue weighted by atomic mass is 10.0. The van der Waals surface area contributed by atoms with Gasteiger partial charge in [0.25, 0.3) is 5.91 Å². The van der Waals surface area contributed by atoms with Crippen molar-refractivity contribution in [2.24, 2.45) is 0 Å². The fraction of sp³-hybridized carbons (Fsp3) is 0.273. The van der Waals surface area contributed by atoms with E-state index in [1.165, 1.54) is 0 Å². The number of nitrogens with one attached hydrogen (secondary N) is 2. The smallest absolute Gasteiger partial charge is 0.252 e. The zero-order valence-electron chi connectivity index (χ0n) is 17.0. The molecule has 1 aromatic heterocycles. The molecule has 7 heteroatoms. The van der Waals surface area contributed by atoms with Gasteiger partial charge in [0.05, 0.1) is 38.1 Å². The zero-order chi connectivity index (χ0) is 20.8. The average molecular weight is 395 g/mol. The highest BCUT2D eigenvalue weighted by Gasteiger charge is 2.18. The molecule has 0 bridgehead atoms. The van der Waals surface area contributed by atoms with Crippen molar-refractivity contribution in [2.45, 2.75) is 0 Å². The number of pyridine rings is 1. The minimum atomic E-state index is -0.146. The second-order valence-corrected chi connectivity index (χ2v) is 6.35. The maximum Gasteiger partial charge on any atom is 0.252 e. The lowest BCUT2D eigenvalue weighted by Crippen LogP contribution is -2.30. The Labute approximate surface area is 170 Å². The first-order valence-corrected chi connectivity index (χ1v) is 9.25. The monoisotopic (exact) mass is 395 g/mol. The van der Waals surface area contributed by atoms with Crippen LogP contribution in [0.4, 0.5) is 0 Å². The number of hydrogen-bond donors (Lipinski definition) is 2. The Hall–Kier alpha value is -3.32. The molecule has 0 saturated heterocycles. The molecule has 0 radical (unpaired) electrons. The molecular formula is C22H25N3O4. The van der Waals surface area contributed by atoms with Gasteiger partial charge in [0.15, 0.2) is 11.5 Å². The number of methoxy groups -OCH3 is 3. The van der Waals surface area contributed by atoms with E-state index in [0.717, 1.165) is 16.5 Å². The minimum Gasteiger partial charge on any atom is -0.493 e. The van der Waals surface area contributed by atoms with Crippen LogP contribution >= 0.6 is 0 Å². The second-order valence-electron chi connectivity index (χ2n) is 6.35. The Morgan fingerprint density at radius 1 is 0.966 bits per heavy atom. The van der Waals surface area contributed by atoms with E-state index < -0.39 is 0 Å². The SMILES string of the molecule is CNCCNC(=O)c1cc(-c2cc(OC)c(OC)c(OC)c2)nc2ccccc12. The second kappa shape index (κ2) is 9.25. The number of likely N-dealkylation sites (N-methyl/N-ethyl adjacent to an activating group) is 1. The Morgan fingerprint density at radius 3 is 2.28 bits per heavy atom. The van der Waals surface area contributed by atoms with Crippen LogP contribution < -0.4 is 24.8 Å². The molecule has 2 N–H and O–H groups in total. The van der Waals surface area contributed by atoms with Crippen molar-refractivity contribution < 1.29 is 19.0 Å². The van der Waals surface area contributed by atoms with Gasteiger partial charge in [0.1, 0.15) is 0 Å². The van der Waals surface area contributed by atoms with Gasteiger partial charge in [-0.3, -0.25) is 4.79 Å². The first-order valence-electron chi connectivity index (χ1n) is 9.25. The van der Waals surface area contributed by atoms with E-state index in [9.17, 15) is 4.79 Å². The molecule has 0 spiro atoms. The number of nitrogens with zero attached hydrogens (tertiary/aromatic N) is 1. The summed E-state index contributed by atoms with van der Waals surface area (Å²) < 4.78 is 16.3. The average Bonchev–Trinajstić information content (AvgIpc) is 2.77. The molecule has 0 unspecified atom stereocenters. The van der Waals surface area contributed by atoms with E-state index >= 15 is 0 Å². The quantitative estimate of drug-likeness (QED) is 0.571. The van der Waals surface area contributed by atoms with Crippen LogP contribution in [0.25, 0.3) is 22.2 Å². The molecule has 3 rings (SSSR count). The number of para-hydroxylation sites is 1. The summed E-state index contributed by atoms with van der Waals surface area (Å²) in [5.41, 5.74) is 2.70. The van der Waals surface area contributed by atoms with E-state index in [1.807, 2.05) is 43.4 Å². The Balaban J connectivity index is 2.14. The third-order valence-electron chi connectivity index (χ3n) is 4.58. The molecule has 3 aromatic rings. The maximum absolute atomic E-state index is 12.8. The molecule has 29 heavy (non-hydrogen) atoms. The molecule has 1 amide bonds. The third-order valence-corrected chi connectivity index (χ3v) is 4.58. The van der Waals surface area contributed by atoms with Gasteiger partial charge in [0, 0.05) is 24.0 Å². The molecule has 0 fully saturated rings. The van der Waals surface area contributed by atoms with E-state index in [2.05, 4.69) is 10.6 Å². The lowest BCUT2D eigenvalue weighted by Gasteiger charge is -2.15. The van der Waals surface area contributed by atoms with Gasteiger partial charge in [-0.05, 0) is 31.3 Å². The van der Waals surface area contributed by atoms with Gasteiger partial charge in [-0.15, -0.1) is 0 Å². The summed E-state index contributed by atoms with van der Waals surface area (Å²) in [6.45, 7) is 1.22. The topological polar surface area (TPSA) is 81.7 Å². The van der Waals surface area contributed by atoms with Gasteiger partial charge in [-0.2, -0.15) is 0 Å². The van der Waals surface area contributed by atoms with Crippen molar-refractivity contribution in [3.05, 3.63) is 48.0 Å². The molecule has 0 atom stereocenters. The van der Waals surface area contributed by atoms with Crippen LogP contribution in [-0.4, -0.2) is 52.4 Å². The van der Waals surface area contributed by atoms with Crippen LogP contribution in [0.1, 0.15) is 10.4 Å². The standard InChI is InChI=1S/C22H25N3O4/c1-23-9-10-24-22(26)16-13-18(25-17-8-6-5-7-15(16)17)14-11-19(27-2)21(29-4)20(12-14)28-3/h5-8,11-13,23H,9-10H2,1-4H3,(H,24,26). The Kier molecular flexibility index (Phi) is 6.51. The molecule has 0 aliphatic rings. The summed E-state index contributed by atoms with van der Waals surface area (Å²) in [5, 5.41) is 6.75. The molecule has 1 heterocycles. The summed E-state index contributed by atoms with van der Waals surface area (Å²) in [5.74, 6) is 1.41. The predicted octanol–water partition coefficient (Wildman–Crippen LogP) is 2.88. The molecule has 152 valence electrons. The largest absolute Gasteiger partial charge is 0.493 e. The third kappa shape index (κ3) is 4.25. The molecule has 7 nitrogen and oxygen atoms in total. The van der Waals surface area contributed by atoms with Crippen LogP contribution in [0.3, 0.4) is 0 Å². The fourth-order valence-electron chi connectivity index (χ4n) is 3.14. The van der Waals surface area contributed by atoms with Gasteiger partial charge in [-0.1, -0.05) is 18.2 Å². The summed E-state index contributed by atoms with van der Waals surface area (Å²) in [7, 11) is 6.53. The van der Waals surface area contributed by atoms with E-state index in [1.54, 1.807) is 27.4 Å². The van der Waals surface area contributed by atoms with Crippen LogP contribution in [0.5, 0.6) is 17.2 Å². The van der Waals surface area contributed by atoms with E-state index in [4.69, 9.17) is 19.2 Å². The normalized spacial score (nSPS) is 10.6. The van der Waals surface area contributed by atoms with Crippen molar-refractivity contribution >= 4 is 16.8 Å². The van der Waals surface area contributed by atoms with Crippen molar-refractivity contribution in [2.75, 3.05) is 41.5 Å². The van der Waals surface area contributed by atoms with Crippen molar-refractivity contribution in [3.63, 3.8) is 0 Å². The summed E-state index contributed by atoms with van der Waals surface area (Å²) in [4.78, 5) is 17.6. The molecule has 0 aliphatic carbocycles. The number of carbonyl (C=O) groups excluding carboxylic acids is 1. The predicted molar refractivity (Wildman–Crippen MR) is 113 cm³/mol. The van der Waals surface area contributed by atoms with Gasteiger partial charge in [0.2, 0.25) is 5.75 Å². The van der Waals surface area contributed by atoms with Crippen molar-refractivity contribution in [3.8, 4) is 28.5 Å². The van der Waals surface area contributed by atoms with E-state index in [0.29, 0.717) is 41.6 Å². The molecular weight excluding hydrogens is 370 g/mol. The van der Waals surface area contributed by atoms with E-state index in [-0.39, 0.29) is 5.91 Å². The number of amides is 1. The highest BCUT2D eigenvalue weighted by molar-refractivity contribution is 6.07. The highest BCUT2D eigenvalue weighted by atomic mass is 16.5. The minimum absolute atomic E-state index is 0.146. The maximum atomic E-state index is 12.8. The first-order chi connectivity index (χ1) is 14.1. The number of fused-ring (bicyclic) bond motifs is 1. The van der Waals surface area contributed by atoms with Gasteiger partial charge in [-0.25, -0.2) is 4.98 Å². The number of ether oxygens (including phenoxy) is 3. The van der Waals surface area contributed by atoms with Crippen LogP contribution in [-0.2, 0) is 0 Å². The van der Waals surface area contributed by atoms with Crippen LogP contribution in [0, 0.1) is 0 Å². The van der Waals surface area contributed by atoms with Gasteiger partial charge >= 0.3 is 0 Å². The zero-order valence-corrected chi connectivity index (χ0v) is 17.0.